The summed E-state index contributed by atoms with van der Waals surface area (Å²) >= 11 is 3.23. The predicted molar refractivity (Wildman–Crippen MR) is 85.1 cm³/mol. The van der Waals surface area contributed by atoms with Crippen LogP contribution in [0.25, 0.3) is 0 Å². The SMILES string of the molecule is Cn1nc(Br)cc1S(=O)(=O)N1CCN(C2CCOCC2)CC1. The summed E-state index contributed by atoms with van der Waals surface area (Å²) in [5.74, 6) is 0. The molecule has 1 aromatic heterocycles. The number of hydrogen-bond donors (Lipinski definition) is 0. The molecule has 0 spiro atoms. The Balaban J connectivity index is 1.66. The third-order valence-electron chi connectivity index (χ3n) is 4.39. The lowest BCUT2D eigenvalue weighted by atomic mass is 10.1. The molecular formula is C13H21BrN4O3S. The summed E-state index contributed by atoms with van der Waals surface area (Å²) < 4.78 is 34.3. The monoisotopic (exact) mass is 392 g/mol. The molecule has 2 fully saturated rings. The third-order valence-corrected chi connectivity index (χ3v) is 6.73. The summed E-state index contributed by atoms with van der Waals surface area (Å²) in [5.41, 5.74) is 0. The standard InChI is InChI=1S/C13H21BrN4O3S/c1-16-13(10-12(14)15-16)22(19,20)18-6-4-17(5-7-18)11-2-8-21-9-3-11/h10-11H,2-9H2,1H3. The van der Waals surface area contributed by atoms with Crippen molar-refractivity contribution >= 4 is 26.0 Å². The van der Waals surface area contributed by atoms with Gasteiger partial charge in [0.1, 0.15) is 4.60 Å². The van der Waals surface area contributed by atoms with Crippen LogP contribution in [0.1, 0.15) is 12.8 Å². The van der Waals surface area contributed by atoms with E-state index in [4.69, 9.17) is 4.74 Å². The van der Waals surface area contributed by atoms with Crippen molar-refractivity contribution in [2.24, 2.45) is 7.05 Å². The number of aromatic nitrogens is 2. The molecule has 0 atom stereocenters. The van der Waals surface area contributed by atoms with Gasteiger partial charge in [-0.3, -0.25) is 9.58 Å². The van der Waals surface area contributed by atoms with Crippen molar-refractivity contribution in [3.05, 3.63) is 10.7 Å². The second kappa shape index (κ2) is 6.56. The van der Waals surface area contributed by atoms with Crippen LogP contribution in [-0.2, 0) is 21.8 Å². The molecular weight excluding hydrogens is 372 g/mol. The van der Waals surface area contributed by atoms with Crippen LogP contribution in [0.2, 0.25) is 0 Å². The van der Waals surface area contributed by atoms with E-state index in [9.17, 15) is 8.42 Å². The molecule has 7 nitrogen and oxygen atoms in total. The van der Waals surface area contributed by atoms with E-state index in [1.807, 2.05) is 0 Å². The van der Waals surface area contributed by atoms with E-state index in [0.29, 0.717) is 23.7 Å². The second-order valence-electron chi connectivity index (χ2n) is 5.71. The average Bonchev–Trinajstić information content (AvgIpc) is 2.88. The van der Waals surface area contributed by atoms with E-state index >= 15 is 0 Å². The Hall–Kier alpha value is -0.480. The van der Waals surface area contributed by atoms with Crippen molar-refractivity contribution in [3.8, 4) is 0 Å². The van der Waals surface area contributed by atoms with Gasteiger partial charge in [-0.25, -0.2) is 8.42 Å². The van der Waals surface area contributed by atoms with E-state index < -0.39 is 10.0 Å². The number of ether oxygens (including phenoxy) is 1. The first-order chi connectivity index (χ1) is 10.5. The highest BCUT2D eigenvalue weighted by molar-refractivity contribution is 9.10. The lowest BCUT2D eigenvalue weighted by molar-refractivity contribution is 0.0229. The molecule has 2 aliphatic rings. The third kappa shape index (κ3) is 3.23. The van der Waals surface area contributed by atoms with Gasteiger partial charge in [-0.05, 0) is 28.8 Å². The van der Waals surface area contributed by atoms with Crippen LogP contribution in [-0.4, -0.2) is 72.8 Å². The van der Waals surface area contributed by atoms with Crippen LogP contribution in [0, 0.1) is 0 Å². The van der Waals surface area contributed by atoms with Crippen molar-refractivity contribution in [1.82, 2.24) is 19.0 Å². The number of rotatable bonds is 3. The number of piperazine rings is 1. The Bertz CT molecular complexity index is 619. The fourth-order valence-corrected chi connectivity index (χ4v) is 5.30. The van der Waals surface area contributed by atoms with Gasteiger partial charge in [0.25, 0.3) is 10.0 Å². The Morgan fingerprint density at radius 2 is 1.86 bits per heavy atom. The Labute approximate surface area is 139 Å². The van der Waals surface area contributed by atoms with Crippen LogP contribution in [0.15, 0.2) is 15.7 Å². The zero-order valence-electron chi connectivity index (χ0n) is 12.6. The number of nitrogens with zero attached hydrogens (tertiary/aromatic N) is 4. The molecule has 124 valence electrons. The van der Waals surface area contributed by atoms with Gasteiger partial charge < -0.3 is 4.74 Å². The maximum Gasteiger partial charge on any atom is 0.260 e. The predicted octanol–water partition coefficient (Wildman–Crippen LogP) is 0.668. The van der Waals surface area contributed by atoms with E-state index in [2.05, 4.69) is 25.9 Å². The number of hydrogen-bond acceptors (Lipinski definition) is 5. The van der Waals surface area contributed by atoms with Crippen molar-refractivity contribution in [3.63, 3.8) is 0 Å². The minimum absolute atomic E-state index is 0.235. The summed E-state index contributed by atoms with van der Waals surface area (Å²) in [5, 5.41) is 4.30. The highest BCUT2D eigenvalue weighted by Gasteiger charge is 2.33. The molecule has 0 bridgehead atoms. The normalized spacial score (nSPS) is 23.0. The molecule has 9 heteroatoms. The number of sulfonamides is 1. The largest absolute Gasteiger partial charge is 0.381 e. The van der Waals surface area contributed by atoms with E-state index in [1.54, 1.807) is 17.4 Å². The molecule has 22 heavy (non-hydrogen) atoms. The fourth-order valence-electron chi connectivity index (χ4n) is 3.15. The van der Waals surface area contributed by atoms with Crippen LogP contribution in [0.3, 0.4) is 0 Å². The minimum Gasteiger partial charge on any atom is -0.381 e. The van der Waals surface area contributed by atoms with Gasteiger partial charge in [0.15, 0.2) is 5.03 Å². The lowest BCUT2D eigenvalue weighted by Gasteiger charge is -2.40. The maximum atomic E-state index is 12.7. The van der Waals surface area contributed by atoms with Crippen molar-refractivity contribution in [2.75, 3.05) is 39.4 Å². The van der Waals surface area contributed by atoms with E-state index in [-0.39, 0.29) is 5.03 Å². The van der Waals surface area contributed by atoms with Crippen molar-refractivity contribution < 1.29 is 13.2 Å². The van der Waals surface area contributed by atoms with Crippen LogP contribution >= 0.6 is 15.9 Å². The summed E-state index contributed by atoms with van der Waals surface area (Å²) in [6.45, 7) is 4.25. The summed E-state index contributed by atoms with van der Waals surface area (Å²) in [4.78, 5) is 2.40. The topological polar surface area (TPSA) is 67.7 Å². The molecule has 0 aliphatic carbocycles. The molecule has 0 N–H and O–H groups in total. The van der Waals surface area contributed by atoms with Gasteiger partial charge in [0.2, 0.25) is 0 Å². The van der Waals surface area contributed by atoms with Crippen molar-refractivity contribution in [2.45, 2.75) is 23.9 Å². The lowest BCUT2D eigenvalue weighted by Crippen LogP contribution is -2.53. The minimum atomic E-state index is -3.47. The highest BCUT2D eigenvalue weighted by Crippen LogP contribution is 2.22. The first-order valence-electron chi connectivity index (χ1n) is 7.50. The quantitative estimate of drug-likeness (QED) is 0.755. The molecule has 0 radical (unpaired) electrons. The second-order valence-corrected chi connectivity index (χ2v) is 8.41. The molecule has 2 saturated heterocycles. The Kier molecular flexibility index (Phi) is 4.89. The summed E-state index contributed by atoms with van der Waals surface area (Å²) in [6, 6.07) is 2.09. The highest BCUT2D eigenvalue weighted by atomic mass is 79.9. The first kappa shape index (κ1) is 16.4. The van der Waals surface area contributed by atoms with Crippen LogP contribution < -0.4 is 0 Å². The molecule has 1 aromatic rings. The van der Waals surface area contributed by atoms with Crippen molar-refractivity contribution in [1.29, 1.82) is 0 Å². The molecule has 0 aromatic carbocycles. The van der Waals surface area contributed by atoms with E-state index in [0.717, 1.165) is 39.1 Å². The zero-order chi connectivity index (χ0) is 15.7. The smallest absolute Gasteiger partial charge is 0.260 e. The van der Waals surface area contributed by atoms with Crippen LogP contribution in [0.4, 0.5) is 0 Å². The number of aryl methyl sites for hydroxylation is 1. The average molecular weight is 393 g/mol. The van der Waals surface area contributed by atoms with Gasteiger partial charge >= 0.3 is 0 Å². The molecule has 3 rings (SSSR count). The maximum absolute atomic E-state index is 12.7. The summed E-state index contributed by atoms with van der Waals surface area (Å²) in [6.07, 6.45) is 2.09. The first-order valence-corrected chi connectivity index (χ1v) is 9.73. The molecule has 0 unspecified atom stereocenters. The van der Waals surface area contributed by atoms with Gasteiger partial charge in [-0.2, -0.15) is 9.40 Å². The molecule has 0 amide bonds. The van der Waals surface area contributed by atoms with Gasteiger partial charge in [0, 0.05) is 58.5 Å². The zero-order valence-corrected chi connectivity index (χ0v) is 15.0. The van der Waals surface area contributed by atoms with E-state index in [1.165, 1.54) is 4.68 Å². The van der Waals surface area contributed by atoms with Gasteiger partial charge in [-0.1, -0.05) is 0 Å². The fraction of sp³-hybridized carbons (Fsp3) is 0.769. The van der Waals surface area contributed by atoms with Gasteiger partial charge in [0.05, 0.1) is 0 Å². The Morgan fingerprint density at radius 3 is 2.41 bits per heavy atom. The summed E-state index contributed by atoms with van der Waals surface area (Å²) in [7, 11) is -1.82. The van der Waals surface area contributed by atoms with Gasteiger partial charge in [-0.15, -0.1) is 0 Å². The van der Waals surface area contributed by atoms with Crippen LogP contribution in [0.5, 0.6) is 0 Å². The molecule has 2 aliphatic heterocycles. The molecule has 3 heterocycles. The number of halogens is 1. The molecule has 0 saturated carbocycles. The Morgan fingerprint density at radius 1 is 1.23 bits per heavy atom.